The van der Waals surface area contributed by atoms with Crippen molar-refractivity contribution >= 4 is 5.91 Å². The second-order valence-electron chi connectivity index (χ2n) is 5.35. The van der Waals surface area contributed by atoms with Gasteiger partial charge >= 0.3 is 0 Å². The Morgan fingerprint density at radius 3 is 2.67 bits per heavy atom. The third-order valence-corrected chi connectivity index (χ3v) is 3.95. The molecule has 0 spiro atoms. The van der Waals surface area contributed by atoms with Gasteiger partial charge in [0, 0.05) is 32.6 Å². The number of amides is 1. The first-order valence-electron chi connectivity index (χ1n) is 7.97. The molecule has 1 aromatic carbocycles. The largest absolute Gasteiger partial charge is 0.494 e. The second kappa shape index (κ2) is 8.03. The number of hydrogen-bond acceptors (Lipinski definition) is 3. The molecule has 1 amide bonds. The zero-order valence-electron chi connectivity index (χ0n) is 13.2. The van der Waals surface area contributed by atoms with Crippen molar-refractivity contribution in [2.45, 2.75) is 33.1 Å². The van der Waals surface area contributed by atoms with Crippen LogP contribution in [0.25, 0.3) is 0 Å². The lowest BCUT2D eigenvalue weighted by molar-refractivity contribution is -0.131. The third kappa shape index (κ3) is 4.46. The zero-order valence-corrected chi connectivity index (χ0v) is 13.2. The molecule has 0 radical (unpaired) electrons. The molecule has 1 saturated heterocycles. The molecule has 1 aliphatic rings. The highest BCUT2D eigenvalue weighted by molar-refractivity contribution is 5.76. The summed E-state index contributed by atoms with van der Waals surface area (Å²) in [6.45, 7) is 8.32. The van der Waals surface area contributed by atoms with E-state index in [0.29, 0.717) is 13.0 Å². The van der Waals surface area contributed by atoms with E-state index in [4.69, 9.17) is 4.74 Å². The first-order chi connectivity index (χ1) is 10.2. The van der Waals surface area contributed by atoms with Gasteiger partial charge < -0.3 is 15.0 Å². The van der Waals surface area contributed by atoms with Crippen molar-refractivity contribution < 1.29 is 9.53 Å². The highest BCUT2D eigenvalue weighted by Gasteiger charge is 2.16. The molecule has 0 bridgehead atoms. The fraction of sp³-hybridized carbons (Fsp3) is 0.588. The number of nitrogens with one attached hydrogen (secondary N) is 1. The number of ether oxygens (including phenoxy) is 1. The van der Waals surface area contributed by atoms with Crippen molar-refractivity contribution in [1.82, 2.24) is 10.2 Å². The Morgan fingerprint density at radius 2 is 2.00 bits per heavy atom. The van der Waals surface area contributed by atoms with Crippen LogP contribution in [-0.2, 0) is 17.6 Å². The van der Waals surface area contributed by atoms with Gasteiger partial charge in [-0.2, -0.15) is 0 Å². The molecular formula is C17H26N2O2. The van der Waals surface area contributed by atoms with Gasteiger partial charge in [0.1, 0.15) is 5.75 Å². The van der Waals surface area contributed by atoms with Crippen LogP contribution in [0.3, 0.4) is 0 Å². The van der Waals surface area contributed by atoms with Crippen LogP contribution in [-0.4, -0.2) is 43.6 Å². The highest BCUT2D eigenvalue weighted by atomic mass is 16.5. The van der Waals surface area contributed by atoms with Crippen LogP contribution in [0.15, 0.2) is 18.2 Å². The summed E-state index contributed by atoms with van der Waals surface area (Å²) < 4.78 is 5.54. The Hall–Kier alpha value is -1.55. The third-order valence-electron chi connectivity index (χ3n) is 3.95. The fourth-order valence-corrected chi connectivity index (χ4v) is 2.75. The number of carbonyl (C=O) groups is 1. The molecule has 21 heavy (non-hydrogen) atoms. The first-order valence-corrected chi connectivity index (χ1v) is 7.97. The first kappa shape index (κ1) is 15.8. The van der Waals surface area contributed by atoms with E-state index >= 15 is 0 Å². The molecule has 4 heteroatoms. The van der Waals surface area contributed by atoms with Crippen LogP contribution < -0.4 is 10.1 Å². The van der Waals surface area contributed by atoms with Crippen molar-refractivity contribution in [2.24, 2.45) is 0 Å². The lowest BCUT2D eigenvalue weighted by Gasteiger charge is -2.27. The van der Waals surface area contributed by atoms with Gasteiger partial charge in [0.15, 0.2) is 0 Å². The topological polar surface area (TPSA) is 41.6 Å². The van der Waals surface area contributed by atoms with Gasteiger partial charge in [0.2, 0.25) is 5.91 Å². The van der Waals surface area contributed by atoms with Gasteiger partial charge in [0.25, 0.3) is 0 Å². The summed E-state index contributed by atoms with van der Waals surface area (Å²) in [5.41, 5.74) is 2.55. The van der Waals surface area contributed by atoms with Gasteiger partial charge in [0.05, 0.1) is 6.61 Å². The minimum absolute atomic E-state index is 0.271. The molecule has 4 nitrogen and oxygen atoms in total. The number of hydrogen-bond donors (Lipinski definition) is 1. The molecule has 1 aromatic rings. The van der Waals surface area contributed by atoms with E-state index in [1.54, 1.807) is 0 Å². The van der Waals surface area contributed by atoms with Crippen LogP contribution in [0.4, 0.5) is 0 Å². The predicted octanol–water partition coefficient (Wildman–Crippen LogP) is 2.01. The van der Waals surface area contributed by atoms with Crippen LogP contribution in [0.5, 0.6) is 5.75 Å². The Kier molecular flexibility index (Phi) is 6.05. The second-order valence-corrected chi connectivity index (χ2v) is 5.35. The molecule has 0 saturated carbocycles. The van der Waals surface area contributed by atoms with E-state index in [1.807, 2.05) is 17.9 Å². The van der Waals surface area contributed by atoms with Crippen LogP contribution in [0.1, 0.15) is 31.4 Å². The van der Waals surface area contributed by atoms with Crippen molar-refractivity contribution in [2.75, 3.05) is 32.8 Å². The monoisotopic (exact) mass is 290 g/mol. The summed E-state index contributed by atoms with van der Waals surface area (Å²) in [6, 6.07) is 6.22. The summed E-state index contributed by atoms with van der Waals surface area (Å²) in [4.78, 5) is 14.2. The maximum atomic E-state index is 12.2. The number of aryl methyl sites for hydroxylation is 2. The molecular weight excluding hydrogens is 264 g/mol. The molecule has 0 aromatic heterocycles. The van der Waals surface area contributed by atoms with Crippen molar-refractivity contribution in [3.8, 4) is 5.75 Å². The number of carbonyl (C=O) groups excluding carboxylic acids is 1. The number of piperazine rings is 1. The Labute approximate surface area is 127 Å². The number of rotatable bonds is 6. The summed E-state index contributed by atoms with van der Waals surface area (Å²) >= 11 is 0. The molecule has 0 unspecified atom stereocenters. The van der Waals surface area contributed by atoms with Crippen LogP contribution in [0, 0.1) is 0 Å². The average Bonchev–Trinajstić information content (AvgIpc) is 2.54. The Balaban J connectivity index is 1.94. The van der Waals surface area contributed by atoms with E-state index in [1.165, 1.54) is 11.1 Å². The van der Waals surface area contributed by atoms with Gasteiger partial charge in [-0.25, -0.2) is 0 Å². The van der Waals surface area contributed by atoms with Crippen LogP contribution in [0.2, 0.25) is 0 Å². The van der Waals surface area contributed by atoms with E-state index in [-0.39, 0.29) is 5.91 Å². The maximum absolute atomic E-state index is 12.2. The lowest BCUT2D eigenvalue weighted by atomic mass is 10.00. The Morgan fingerprint density at radius 1 is 1.24 bits per heavy atom. The minimum Gasteiger partial charge on any atom is -0.494 e. The quantitative estimate of drug-likeness (QED) is 0.871. The van der Waals surface area contributed by atoms with Gasteiger partial charge in [-0.3, -0.25) is 4.79 Å². The summed E-state index contributed by atoms with van der Waals surface area (Å²) in [6.07, 6.45) is 2.39. The molecule has 1 heterocycles. The molecule has 1 N–H and O–H groups in total. The summed E-state index contributed by atoms with van der Waals surface area (Å²) in [5, 5.41) is 3.27. The minimum atomic E-state index is 0.271. The SMILES string of the molecule is CCOc1ccc(CCC(=O)N2CCNCC2)c(CC)c1. The number of benzene rings is 1. The van der Waals surface area contributed by atoms with Gasteiger partial charge in [-0.15, -0.1) is 0 Å². The highest BCUT2D eigenvalue weighted by Crippen LogP contribution is 2.20. The molecule has 116 valence electrons. The predicted molar refractivity (Wildman–Crippen MR) is 84.8 cm³/mol. The smallest absolute Gasteiger partial charge is 0.222 e. The van der Waals surface area contributed by atoms with Crippen LogP contribution >= 0.6 is 0 Å². The summed E-state index contributed by atoms with van der Waals surface area (Å²) in [7, 11) is 0. The van der Waals surface area contributed by atoms with E-state index in [0.717, 1.165) is 44.8 Å². The lowest BCUT2D eigenvalue weighted by Crippen LogP contribution is -2.46. The molecule has 1 aliphatic heterocycles. The van der Waals surface area contributed by atoms with Gasteiger partial charge in [-0.05, 0) is 43.0 Å². The molecule has 2 rings (SSSR count). The van der Waals surface area contributed by atoms with Crippen molar-refractivity contribution in [1.29, 1.82) is 0 Å². The van der Waals surface area contributed by atoms with Crippen molar-refractivity contribution in [3.63, 3.8) is 0 Å². The van der Waals surface area contributed by atoms with E-state index in [2.05, 4.69) is 24.4 Å². The van der Waals surface area contributed by atoms with Gasteiger partial charge in [-0.1, -0.05) is 13.0 Å². The molecule has 0 aliphatic carbocycles. The summed E-state index contributed by atoms with van der Waals surface area (Å²) in [5.74, 6) is 1.19. The molecule has 0 atom stereocenters. The fourth-order valence-electron chi connectivity index (χ4n) is 2.75. The zero-order chi connectivity index (χ0) is 15.1. The average molecular weight is 290 g/mol. The maximum Gasteiger partial charge on any atom is 0.222 e. The number of nitrogens with zero attached hydrogens (tertiary/aromatic N) is 1. The van der Waals surface area contributed by atoms with Crippen molar-refractivity contribution in [3.05, 3.63) is 29.3 Å². The normalized spacial score (nSPS) is 15.0. The van der Waals surface area contributed by atoms with E-state index in [9.17, 15) is 4.79 Å². The Bertz CT molecular complexity index is 468. The van der Waals surface area contributed by atoms with E-state index < -0.39 is 0 Å². The standard InChI is InChI=1S/C17H26N2O2/c1-3-14-13-16(21-4-2)7-5-15(14)6-8-17(20)19-11-9-18-10-12-19/h5,7,13,18H,3-4,6,8-12H2,1-2H3. The molecule has 1 fully saturated rings.